The molecule has 19 heteroatoms. The van der Waals surface area contributed by atoms with Gasteiger partial charge in [-0.25, -0.2) is 9.13 Å². The van der Waals surface area contributed by atoms with Crippen molar-refractivity contribution in [1.82, 2.24) is 0 Å². The van der Waals surface area contributed by atoms with Crippen LogP contribution in [0.3, 0.4) is 0 Å². The lowest BCUT2D eigenvalue weighted by Crippen LogP contribution is -2.30. The summed E-state index contributed by atoms with van der Waals surface area (Å²) >= 11 is 0. The summed E-state index contributed by atoms with van der Waals surface area (Å²) in [6.07, 6.45) is 57.0. The van der Waals surface area contributed by atoms with E-state index < -0.39 is 97.5 Å². The molecular formula is C77H150O17P2. The molecule has 570 valence electrons. The molecule has 0 aliphatic carbocycles. The first-order chi connectivity index (χ1) is 46.4. The maximum atomic E-state index is 13.1. The first-order valence-corrected chi connectivity index (χ1v) is 43.0. The summed E-state index contributed by atoms with van der Waals surface area (Å²) in [5, 5.41) is 10.6. The van der Waals surface area contributed by atoms with Gasteiger partial charge in [-0.15, -0.1) is 0 Å². The number of carbonyl (C=O) groups excluding carboxylic acids is 4. The zero-order valence-corrected chi connectivity index (χ0v) is 64.5. The number of ether oxygens (including phenoxy) is 4. The Morgan fingerprint density at radius 3 is 0.708 bits per heavy atom. The van der Waals surface area contributed by atoms with Crippen LogP contribution >= 0.6 is 15.6 Å². The van der Waals surface area contributed by atoms with Crippen LogP contribution in [0.2, 0.25) is 0 Å². The summed E-state index contributed by atoms with van der Waals surface area (Å²) in [6, 6.07) is 0. The number of esters is 4. The van der Waals surface area contributed by atoms with Crippen LogP contribution in [0.1, 0.15) is 401 Å². The summed E-state index contributed by atoms with van der Waals surface area (Å²) in [7, 11) is -9.91. The summed E-state index contributed by atoms with van der Waals surface area (Å²) in [5.74, 6) is -0.674. The van der Waals surface area contributed by atoms with Gasteiger partial charge < -0.3 is 33.8 Å². The Morgan fingerprint density at radius 2 is 0.479 bits per heavy atom. The maximum Gasteiger partial charge on any atom is 0.472 e. The van der Waals surface area contributed by atoms with Gasteiger partial charge in [0.15, 0.2) is 12.2 Å². The van der Waals surface area contributed by atoms with Gasteiger partial charge in [0.25, 0.3) is 0 Å². The number of aliphatic hydroxyl groups excluding tert-OH is 1. The molecule has 0 radical (unpaired) electrons. The molecule has 0 spiro atoms. The van der Waals surface area contributed by atoms with Crippen LogP contribution in [0.4, 0.5) is 0 Å². The maximum absolute atomic E-state index is 13.1. The molecule has 0 aromatic rings. The van der Waals surface area contributed by atoms with Gasteiger partial charge in [-0.05, 0) is 37.5 Å². The highest BCUT2D eigenvalue weighted by molar-refractivity contribution is 7.47. The predicted molar refractivity (Wildman–Crippen MR) is 391 cm³/mol. The largest absolute Gasteiger partial charge is 0.472 e. The monoisotopic (exact) mass is 1410 g/mol. The number of rotatable bonds is 76. The van der Waals surface area contributed by atoms with Gasteiger partial charge in [0.2, 0.25) is 0 Å². The number of aliphatic hydroxyl groups is 1. The Bertz CT molecular complexity index is 1860. The Morgan fingerprint density at radius 1 is 0.281 bits per heavy atom. The van der Waals surface area contributed by atoms with E-state index in [0.29, 0.717) is 31.6 Å². The SMILES string of the molecule is CCCCCCCCCCCCCCCCCCCCCCC(=O)O[C@H](COC(=O)CCCCCCCCCCCCCCCC)COP(=O)(O)OC[C@@H](O)COP(=O)(O)OC[C@@H](COC(=O)CCCCCCCCCC(C)C)OC(=O)CCCCCCCCCCCC(C)C. The number of hydrogen-bond donors (Lipinski definition) is 3. The van der Waals surface area contributed by atoms with Crippen molar-refractivity contribution in [2.75, 3.05) is 39.6 Å². The van der Waals surface area contributed by atoms with Crippen LogP contribution in [0.15, 0.2) is 0 Å². The lowest BCUT2D eigenvalue weighted by atomic mass is 10.0. The van der Waals surface area contributed by atoms with Crippen LogP contribution in [0.25, 0.3) is 0 Å². The van der Waals surface area contributed by atoms with E-state index in [0.717, 1.165) is 102 Å². The second-order valence-corrected chi connectivity index (χ2v) is 31.6. The standard InChI is InChI=1S/C77H150O17P2/c1-7-9-11-13-15-17-19-21-23-24-25-26-27-28-30-32-36-42-49-55-61-76(81)93-72(65-87-74(79)59-53-47-41-35-31-29-22-20-18-16-14-12-10-8-2)67-91-95(83,84)89-63-71(78)64-90-96(85,86)92-68-73(66-88-75(80)60-54-48-44-38-40-46-52-58-70(5)6)94-77(82)62-56-50-43-37-33-34-39-45-51-57-69(3)4/h69-73,78H,7-68H2,1-6H3,(H,83,84)(H,85,86)/t71-,72-,73-/m1/s1. The van der Waals surface area contributed by atoms with Crippen LogP contribution in [0, 0.1) is 11.8 Å². The van der Waals surface area contributed by atoms with Gasteiger partial charge >= 0.3 is 39.5 Å². The first kappa shape index (κ1) is 94.1. The number of hydrogen-bond acceptors (Lipinski definition) is 15. The zero-order chi connectivity index (χ0) is 70.7. The lowest BCUT2D eigenvalue weighted by Gasteiger charge is -2.21. The highest BCUT2D eigenvalue weighted by atomic mass is 31.2. The minimum atomic E-state index is -4.96. The van der Waals surface area contributed by atoms with Crippen molar-refractivity contribution in [3.8, 4) is 0 Å². The van der Waals surface area contributed by atoms with Gasteiger partial charge in [-0.2, -0.15) is 0 Å². The molecule has 0 fully saturated rings. The molecule has 0 rings (SSSR count). The Hall–Kier alpha value is -1.94. The van der Waals surface area contributed by atoms with Crippen molar-refractivity contribution in [2.24, 2.45) is 11.8 Å². The molecular weight excluding hydrogens is 1260 g/mol. The Kier molecular flexibility index (Phi) is 67.4. The second-order valence-electron chi connectivity index (χ2n) is 28.7. The fraction of sp³-hybridized carbons (Fsp3) is 0.948. The third-order valence-corrected chi connectivity index (χ3v) is 19.9. The third-order valence-electron chi connectivity index (χ3n) is 18.0. The minimum Gasteiger partial charge on any atom is -0.462 e. The van der Waals surface area contributed by atoms with E-state index in [1.807, 2.05) is 0 Å². The Balaban J connectivity index is 5.22. The van der Waals surface area contributed by atoms with Crippen LogP contribution in [-0.2, 0) is 65.4 Å². The molecule has 0 aromatic carbocycles. The van der Waals surface area contributed by atoms with Crippen molar-refractivity contribution in [2.45, 2.75) is 419 Å². The van der Waals surface area contributed by atoms with Gasteiger partial charge in [-0.3, -0.25) is 37.3 Å². The highest BCUT2D eigenvalue weighted by Gasteiger charge is 2.30. The highest BCUT2D eigenvalue weighted by Crippen LogP contribution is 2.45. The zero-order valence-electron chi connectivity index (χ0n) is 62.7. The molecule has 17 nitrogen and oxygen atoms in total. The van der Waals surface area contributed by atoms with E-state index in [9.17, 15) is 43.2 Å². The second kappa shape index (κ2) is 68.8. The van der Waals surface area contributed by atoms with E-state index in [1.165, 1.54) is 212 Å². The smallest absolute Gasteiger partial charge is 0.462 e. The fourth-order valence-corrected chi connectivity index (χ4v) is 13.4. The minimum absolute atomic E-state index is 0.105. The molecule has 2 unspecified atom stereocenters. The van der Waals surface area contributed by atoms with E-state index in [-0.39, 0.29) is 25.7 Å². The lowest BCUT2D eigenvalue weighted by molar-refractivity contribution is -0.161. The van der Waals surface area contributed by atoms with Crippen molar-refractivity contribution >= 4 is 39.5 Å². The number of phosphoric acid groups is 2. The average Bonchev–Trinajstić information content (AvgIpc) is 1.07. The normalized spacial score (nSPS) is 14.0. The predicted octanol–water partition coefficient (Wildman–Crippen LogP) is 22.7. The van der Waals surface area contributed by atoms with E-state index >= 15 is 0 Å². The van der Waals surface area contributed by atoms with Crippen LogP contribution in [0.5, 0.6) is 0 Å². The summed E-state index contributed by atoms with van der Waals surface area (Å²) < 4.78 is 68.5. The van der Waals surface area contributed by atoms with E-state index in [4.69, 9.17) is 37.0 Å². The van der Waals surface area contributed by atoms with Crippen LogP contribution in [-0.4, -0.2) is 96.7 Å². The first-order valence-electron chi connectivity index (χ1n) is 40.0. The molecule has 0 aliphatic rings. The quantitative estimate of drug-likeness (QED) is 0.0222. The van der Waals surface area contributed by atoms with Crippen molar-refractivity contribution < 1.29 is 80.2 Å². The molecule has 0 aromatic heterocycles. The van der Waals surface area contributed by atoms with Crippen molar-refractivity contribution in [3.63, 3.8) is 0 Å². The van der Waals surface area contributed by atoms with Crippen molar-refractivity contribution in [1.29, 1.82) is 0 Å². The molecule has 0 bridgehead atoms. The molecule has 0 saturated heterocycles. The molecule has 0 amide bonds. The number of carbonyl (C=O) groups is 4. The number of unbranched alkanes of at least 4 members (excludes halogenated alkanes) is 46. The molecule has 5 atom stereocenters. The Labute approximate surface area is 588 Å². The summed E-state index contributed by atoms with van der Waals surface area (Å²) in [6.45, 7) is 9.52. The molecule has 0 saturated carbocycles. The van der Waals surface area contributed by atoms with E-state index in [2.05, 4.69) is 41.5 Å². The molecule has 3 N–H and O–H groups in total. The molecule has 0 heterocycles. The van der Waals surface area contributed by atoms with Crippen LogP contribution < -0.4 is 0 Å². The molecule has 96 heavy (non-hydrogen) atoms. The number of phosphoric ester groups is 2. The summed E-state index contributed by atoms with van der Waals surface area (Å²) in [4.78, 5) is 72.8. The average molecular weight is 1410 g/mol. The van der Waals surface area contributed by atoms with Gasteiger partial charge in [-0.1, -0.05) is 350 Å². The van der Waals surface area contributed by atoms with Gasteiger partial charge in [0.05, 0.1) is 26.4 Å². The van der Waals surface area contributed by atoms with Gasteiger partial charge in [0.1, 0.15) is 19.3 Å². The van der Waals surface area contributed by atoms with Crippen molar-refractivity contribution in [3.05, 3.63) is 0 Å². The molecule has 0 aliphatic heterocycles. The summed E-state index contributed by atoms with van der Waals surface area (Å²) in [5.41, 5.74) is 0. The fourth-order valence-electron chi connectivity index (χ4n) is 11.8. The van der Waals surface area contributed by atoms with E-state index in [1.54, 1.807) is 0 Å². The van der Waals surface area contributed by atoms with Gasteiger partial charge in [0, 0.05) is 25.7 Å². The topological polar surface area (TPSA) is 237 Å². The third kappa shape index (κ3) is 70.5.